The molecule has 0 radical (unpaired) electrons. The van der Waals surface area contributed by atoms with E-state index in [1.807, 2.05) is 103 Å². The fourth-order valence-corrected chi connectivity index (χ4v) is 18.9. The van der Waals surface area contributed by atoms with Crippen LogP contribution in [0.25, 0.3) is 244 Å². The van der Waals surface area contributed by atoms with Crippen molar-refractivity contribution in [1.29, 1.82) is 0 Å². The second-order valence-corrected chi connectivity index (χ2v) is 33.0. The summed E-state index contributed by atoms with van der Waals surface area (Å²) in [5.74, 6) is 1.64. The lowest BCUT2D eigenvalue weighted by atomic mass is 9.93. The summed E-state index contributed by atoms with van der Waals surface area (Å²) < 4.78 is 4.62. The molecule has 616 valence electrons. The van der Waals surface area contributed by atoms with Gasteiger partial charge in [0.15, 0.2) is 5.82 Å². The lowest BCUT2D eigenvalue weighted by molar-refractivity contribution is 1.10. The Hall–Kier alpha value is -17.9. The number of pyridine rings is 6. The van der Waals surface area contributed by atoms with Crippen molar-refractivity contribution in [2.24, 2.45) is 0 Å². The van der Waals surface area contributed by atoms with Gasteiger partial charge in [0.1, 0.15) is 5.82 Å². The Labute approximate surface area is 760 Å². The zero-order valence-electron chi connectivity index (χ0n) is 71.4. The van der Waals surface area contributed by atoms with E-state index in [0.29, 0.717) is 5.82 Å². The number of aromatic nitrogens is 11. The van der Waals surface area contributed by atoms with Gasteiger partial charge in [-0.3, -0.25) is 14.5 Å². The molecule has 9 aromatic heterocycles. The van der Waals surface area contributed by atoms with Crippen LogP contribution in [-0.4, -0.2) is 54.0 Å². The molecule has 0 fully saturated rings. The van der Waals surface area contributed by atoms with Gasteiger partial charge in [-0.1, -0.05) is 364 Å². The highest BCUT2D eigenvalue weighted by molar-refractivity contribution is 6.19. The Bertz CT molecular complexity index is 8860. The van der Waals surface area contributed by atoms with Crippen molar-refractivity contribution in [3.05, 3.63) is 467 Å². The van der Waals surface area contributed by atoms with Crippen LogP contribution >= 0.6 is 0 Å². The number of imidazole rings is 1. The Balaban J connectivity index is 0.000000110. The van der Waals surface area contributed by atoms with Crippen molar-refractivity contribution in [2.75, 3.05) is 0 Å². The van der Waals surface area contributed by atoms with E-state index in [2.05, 4.69) is 373 Å². The molecule has 17 aromatic carbocycles. The number of fused-ring (bicyclic) bond motifs is 14. The zero-order chi connectivity index (χ0) is 87.4. The summed E-state index contributed by atoms with van der Waals surface area (Å²) in [7, 11) is 0. The van der Waals surface area contributed by atoms with Crippen LogP contribution < -0.4 is 0 Å². The number of hydrogen-bond acceptors (Lipinski definition) is 9. The summed E-state index contributed by atoms with van der Waals surface area (Å²) in [6, 6.07) is 159. The van der Waals surface area contributed by atoms with Gasteiger partial charge < -0.3 is 4.57 Å². The largest absolute Gasteiger partial charge is 0.309 e. The highest BCUT2D eigenvalue weighted by atomic mass is 15.1. The Morgan fingerprint density at radius 2 is 0.568 bits per heavy atom. The molecule has 0 saturated heterocycles. The molecule has 26 rings (SSSR count). The van der Waals surface area contributed by atoms with Gasteiger partial charge in [-0.25, -0.2) is 34.9 Å². The first-order valence-electron chi connectivity index (χ1n) is 44.4. The molecule has 0 unspecified atom stereocenters. The van der Waals surface area contributed by atoms with Crippen LogP contribution in [0.2, 0.25) is 0 Å². The molecule has 0 aliphatic carbocycles. The topological polar surface area (TPSA) is 126 Å². The third-order valence-electron chi connectivity index (χ3n) is 25.1. The minimum atomic E-state index is 0.705. The van der Waals surface area contributed by atoms with Crippen molar-refractivity contribution in [1.82, 2.24) is 54.0 Å². The van der Waals surface area contributed by atoms with Gasteiger partial charge in [0.25, 0.3) is 0 Å². The van der Waals surface area contributed by atoms with Gasteiger partial charge >= 0.3 is 0 Å². The molecule has 0 bridgehead atoms. The highest BCUT2D eigenvalue weighted by Crippen LogP contribution is 2.45. The van der Waals surface area contributed by atoms with Crippen LogP contribution in [0.5, 0.6) is 0 Å². The van der Waals surface area contributed by atoms with Gasteiger partial charge in [-0.05, 0) is 124 Å². The van der Waals surface area contributed by atoms with Crippen LogP contribution in [0.15, 0.2) is 467 Å². The zero-order valence-corrected chi connectivity index (χ0v) is 71.4. The molecule has 0 atom stereocenters. The summed E-state index contributed by atoms with van der Waals surface area (Å²) >= 11 is 0. The second-order valence-electron chi connectivity index (χ2n) is 33.0. The first kappa shape index (κ1) is 77.6. The highest BCUT2D eigenvalue weighted by Gasteiger charge is 2.23. The monoisotopic (exact) mass is 1680 g/mol. The normalized spacial score (nSPS) is 11.5. The summed E-state index contributed by atoms with van der Waals surface area (Å²) in [6.07, 6.45) is 3.69. The van der Waals surface area contributed by atoms with Crippen molar-refractivity contribution in [2.45, 2.75) is 0 Å². The maximum absolute atomic E-state index is 5.19. The molecule has 9 heterocycles. The van der Waals surface area contributed by atoms with Gasteiger partial charge in [0.05, 0.1) is 89.0 Å². The predicted molar refractivity (Wildman–Crippen MR) is 545 cm³/mol. The van der Waals surface area contributed by atoms with Crippen LogP contribution in [0.1, 0.15) is 0 Å². The Morgan fingerprint density at radius 3 is 1.11 bits per heavy atom. The molecule has 0 saturated carbocycles. The average molecular weight is 1690 g/mol. The second kappa shape index (κ2) is 33.4. The number of rotatable bonds is 12. The number of benzene rings is 17. The molecule has 11 heteroatoms. The maximum Gasteiger partial charge on any atom is 0.160 e. The van der Waals surface area contributed by atoms with E-state index in [1.165, 1.54) is 38.9 Å². The maximum atomic E-state index is 5.19. The Morgan fingerprint density at radius 1 is 0.174 bits per heavy atom. The quantitative estimate of drug-likeness (QED) is 0.0868. The van der Waals surface area contributed by atoms with Crippen molar-refractivity contribution >= 4 is 120 Å². The Kier molecular flexibility index (Phi) is 19.7. The van der Waals surface area contributed by atoms with Crippen LogP contribution in [0.3, 0.4) is 0 Å². The van der Waals surface area contributed by atoms with Crippen molar-refractivity contribution in [3.63, 3.8) is 0 Å². The third-order valence-corrected chi connectivity index (χ3v) is 25.1. The third kappa shape index (κ3) is 14.3. The van der Waals surface area contributed by atoms with Gasteiger partial charge in [0.2, 0.25) is 0 Å². The standard InChI is InChI=1S/C44H28N4.C41H26N4.C36H23N3/c1-4-12-29(13-5-1)37-27-25-33-24-26-36-41(35-18-10-11-19-38(35)46-43(36)42(33)45-37)32-22-20-31(21-23-32)40-28-39(30-14-6-2-7-15-30)47-44(48-40)34-16-8-3-9-17-34;1-2-9-31(10-3-1)41-44-36-14-6-7-15-37(36)45(41)32-23-20-28(21-24-32)27-16-18-29(19-17-27)38-33-12-4-5-13-35(33)43-40-34(38)25-22-30-11-8-26-42-39(30)40;1-2-10-24(11-3-1)33-23-26-12-4-7-18-32(26)39(33)28-15-8-13-27(22-28)34-29-16-5-6-17-31(29)38-36-30(34)20-19-25-14-9-21-37-35(25)36/h1-28H;1-26H;1-23H. The van der Waals surface area contributed by atoms with E-state index in [0.717, 1.165) is 199 Å². The summed E-state index contributed by atoms with van der Waals surface area (Å²) in [5.41, 5.74) is 33.5. The molecule has 0 spiro atoms. The SMILES string of the molecule is c1ccc(-c2cc(-c3ccc(-c4c5ccccc5nc5c4ccc4ccc(-c6ccccc6)nc45)cc3)nc(-c3ccccc3)n2)cc1.c1ccc(-c2cc3ccccc3n2-c2cccc(-c3c4ccccc4nc4c3ccc3cccnc34)c2)cc1.c1ccc(-c2nc3ccccc3n2-c2ccc(-c3ccc(-c4c5ccccc5nc5c4ccc4cccnc45)cc3)cc2)cc1. The molecule has 132 heavy (non-hydrogen) atoms. The smallest absolute Gasteiger partial charge is 0.160 e. The summed E-state index contributed by atoms with van der Waals surface area (Å²) in [4.78, 5) is 44.9. The van der Waals surface area contributed by atoms with E-state index in [-0.39, 0.29) is 0 Å². The molecule has 0 aliphatic heterocycles. The summed E-state index contributed by atoms with van der Waals surface area (Å²) in [5, 5.41) is 11.2. The van der Waals surface area contributed by atoms with E-state index >= 15 is 0 Å². The minimum Gasteiger partial charge on any atom is -0.309 e. The lowest BCUT2D eigenvalue weighted by Gasteiger charge is -2.16. The molecule has 0 aliphatic rings. The van der Waals surface area contributed by atoms with Crippen LogP contribution in [0, 0.1) is 0 Å². The molecular weight excluding hydrogens is 1610 g/mol. The minimum absolute atomic E-state index is 0.705. The van der Waals surface area contributed by atoms with E-state index < -0.39 is 0 Å². The fraction of sp³-hybridized carbons (Fsp3) is 0. The lowest BCUT2D eigenvalue weighted by Crippen LogP contribution is -1.98. The van der Waals surface area contributed by atoms with Gasteiger partial charge in [0, 0.05) is 122 Å². The number of para-hydroxylation sites is 6. The average Bonchev–Trinajstić information content (AvgIpc) is 0.906. The fourth-order valence-electron chi connectivity index (χ4n) is 18.9. The number of nitrogens with zero attached hydrogens (tertiary/aromatic N) is 11. The first-order chi connectivity index (χ1) is 65.4. The first-order valence-corrected chi connectivity index (χ1v) is 44.4. The van der Waals surface area contributed by atoms with Crippen LogP contribution in [0.4, 0.5) is 0 Å². The predicted octanol–water partition coefficient (Wildman–Crippen LogP) is 30.6. The summed E-state index contributed by atoms with van der Waals surface area (Å²) in [6.45, 7) is 0. The molecule has 0 amide bonds. The van der Waals surface area contributed by atoms with Crippen molar-refractivity contribution < 1.29 is 0 Å². The van der Waals surface area contributed by atoms with Crippen molar-refractivity contribution in [3.8, 4) is 124 Å². The van der Waals surface area contributed by atoms with Gasteiger partial charge in [-0.15, -0.1) is 0 Å². The number of hydrogen-bond donors (Lipinski definition) is 0. The van der Waals surface area contributed by atoms with E-state index in [9.17, 15) is 0 Å². The molecule has 26 aromatic rings. The van der Waals surface area contributed by atoms with Gasteiger partial charge in [-0.2, -0.15) is 0 Å². The van der Waals surface area contributed by atoms with E-state index in [4.69, 9.17) is 44.9 Å². The molecule has 0 N–H and O–H groups in total. The van der Waals surface area contributed by atoms with E-state index in [1.54, 1.807) is 0 Å². The van der Waals surface area contributed by atoms with Crippen LogP contribution in [-0.2, 0) is 0 Å². The molecular formula is C121H77N11. The molecule has 11 nitrogen and oxygen atoms in total.